The first-order chi connectivity index (χ1) is 8.24. The quantitative estimate of drug-likeness (QED) is 0.634. The molecule has 0 spiro atoms. The van der Waals surface area contributed by atoms with E-state index in [9.17, 15) is 0 Å². The molecule has 0 bridgehead atoms. The van der Waals surface area contributed by atoms with Crippen molar-refractivity contribution in [1.29, 1.82) is 5.41 Å². The maximum atomic E-state index is 8.45. The van der Waals surface area contributed by atoms with Gasteiger partial charge >= 0.3 is 0 Å². The summed E-state index contributed by atoms with van der Waals surface area (Å²) < 4.78 is 0. The largest absolute Gasteiger partial charge is 0.810 e. The molecule has 0 heterocycles. The molecule has 2 N–H and O–H groups in total. The molecular weight excluding hydrogens is 299 g/mol. The molecule has 1 radical (unpaired) electrons. The Balaban J connectivity index is 0.000000306. The Morgan fingerprint density at radius 3 is 2.22 bits per heavy atom. The van der Waals surface area contributed by atoms with Crippen molar-refractivity contribution in [3.8, 4) is 0 Å². The van der Waals surface area contributed by atoms with Gasteiger partial charge in [0.1, 0.15) is 0 Å². The predicted molar refractivity (Wildman–Crippen MR) is 73.5 cm³/mol. The van der Waals surface area contributed by atoms with Crippen LogP contribution in [0.15, 0.2) is 54.1 Å². The van der Waals surface area contributed by atoms with Crippen molar-refractivity contribution in [2.45, 2.75) is 12.8 Å². The van der Waals surface area contributed by atoms with Crippen molar-refractivity contribution in [1.82, 2.24) is 0 Å². The SMILES string of the molecule is N=C([NH-])c1ccccc1.[N-]=CC1=CCCC=C1.[Y]. The molecule has 91 valence electrons. The average molecular weight is 314 g/mol. The molecular formula is C14H15N3Y-2. The summed E-state index contributed by atoms with van der Waals surface area (Å²) in [6, 6.07) is 8.99. The molecule has 0 atom stereocenters. The fraction of sp³-hybridized carbons (Fsp3) is 0.143. The van der Waals surface area contributed by atoms with Crippen molar-refractivity contribution in [3.63, 3.8) is 0 Å². The zero-order valence-corrected chi connectivity index (χ0v) is 13.0. The van der Waals surface area contributed by atoms with Crippen LogP contribution in [0, 0.1) is 5.41 Å². The molecule has 3 nitrogen and oxygen atoms in total. The van der Waals surface area contributed by atoms with Gasteiger partial charge in [-0.05, 0) is 18.4 Å². The second-order valence-electron chi connectivity index (χ2n) is 3.55. The third-order valence-electron chi connectivity index (χ3n) is 2.24. The number of nitrogens with one attached hydrogen (secondary N) is 2. The summed E-state index contributed by atoms with van der Waals surface area (Å²) in [5.74, 6) is -0.129. The van der Waals surface area contributed by atoms with E-state index in [1.54, 1.807) is 12.1 Å². The molecule has 0 fully saturated rings. The van der Waals surface area contributed by atoms with Gasteiger partial charge < -0.3 is 16.6 Å². The zero-order valence-electron chi connectivity index (χ0n) is 10.1. The van der Waals surface area contributed by atoms with Crippen LogP contribution < -0.4 is 0 Å². The minimum atomic E-state index is -0.129. The van der Waals surface area contributed by atoms with Gasteiger partial charge in [-0.25, -0.2) is 0 Å². The molecule has 0 unspecified atom stereocenters. The Labute approximate surface area is 133 Å². The van der Waals surface area contributed by atoms with E-state index in [0.29, 0.717) is 5.56 Å². The first-order valence-electron chi connectivity index (χ1n) is 5.43. The van der Waals surface area contributed by atoms with Crippen molar-refractivity contribution >= 4 is 12.1 Å². The van der Waals surface area contributed by atoms with Gasteiger partial charge in [-0.2, -0.15) is 6.21 Å². The second-order valence-corrected chi connectivity index (χ2v) is 3.55. The first-order valence-corrected chi connectivity index (χ1v) is 5.43. The predicted octanol–water partition coefficient (Wildman–Crippen LogP) is 3.96. The van der Waals surface area contributed by atoms with E-state index < -0.39 is 0 Å². The number of rotatable bonds is 2. The van der Waals surface area contributed by atoms with E-state index in [-0.39, 0.29) is 38.5 Å². The van der Waals surface area contributed by atoms with Crippen LogP contribution in [-0.2, 0) is 32.7 Å². The van der Waals surface area contributed by atoms with Crippen LogP contribution in [0.4, 0.5) is 0 Å². The van der Waals surface area contributed by atoms with Gasteiger partial charge in [0.05, 0.1) is 0 Å². The number of nitrogens with zero attached hydrogens (tertiary/aromatic N) is 1. The van der Waals surface area contributed by atoms with Crippen LogP contribution in [0.2, 0.25) is 0 Å². The zero-order chi connectivity index (χ0) is 12.5. The molecule has 0 amide bonds. The summed E-state index contributed by atoms with van der Waals surface area (Å²) in [5.41, 5.74) is 8.49. The summed E-state index contributed by atoms with van der Waals surface area (Å²) in [6.45, 7) is 0. The van der Waals surface area contributed by atoms with Gasteiger partial charge in [-0.1, -0.05) is 60.0 Å². The Morgan fingerprint density at radius 2 is 1.89 bits per heavy atom. The number of amidine groups is 1. The normalized spacial score (nSPS) is 12.3. The summed E-state index contributed by atoms with van der Waals surface area (Å²) in [4.78, 5) is 0. The molecule has 0 saturated heterocycles. The van der Waals surface area contributed by atoms with Gasteiger partial charge in [0.15, 0.2) is 0 Å². The van der Waals surface area contributed by atoms with Crippen LogP contribution in [-0.4, -0.2) is 12.1 Å². The standard InChI is InChI=1S/C7H7N2.C7H8N.Y/c8-7(9)6-4-2-1-3-5-6;8-6-7-4-2-1-3-5-7;/h1-5H,(H2-,8,9);2,4-6H,1,3H2;/q2*-1;. The van der Waals surface area contributed by atoms with E-state index in [4.69, 9.17) is 16.6 Å². The fourth-order valence-corrected chi connectivity index (χ4v) is 1.33. The van der Waals surface area contributed by atoms with Crippen molar-refractivity contribution in [2.75, 3.05) is 0 Å². The number of hydrogen-bond acceptors (Lipinski definition) is 1. The molecule has 4 heteroatoms. The van der Waals surface area contributed by atoms with Gasteiger partial charge in [-0.3, -0.25) is 0 Å². The summed E-state index contributed by atoms with van der Waals surface area (Å²) in [7, 11) is 0. The average Bonchev–Trinajstić information content (AvgIpc) is 2.41. The van der Waals surface area contributed by atoms with E-state index in [1.807, 2.05) is 30.4 Å². The molecule has 1 aromatic rings. The van der Waals surface area contributed by atoms with Crippen LogP contribution in [0.1, 0.15) is 18.4 Å². The summed E-state index contributed by atoms with van der Waals surface area (Å²) in [5, 5.41) is 15.3. The number of benzene rings is 1. The minimum absolute atomic E-state index is 0. The Bertz CT molecular complexity index is 436. The monoisotopic (exact) mass is 314 g/mol. The van der Waals surface area contributed by atoms with Crippen LogP contribution >= 0.6 is 0 Å². The Morgan fingerprint density at radius 1 is 1.22 bits per heavy atom. The third kappa shape index (κ3) is 6.62. The molecule has 0 aliphatic heterocycles. The summed E-state index contributed by atoms with van der Waals surface area (Å²) in [6.07, 6.45) is 9.29. The van der Waals surface area contributed by atoms with Gasteiger partial charge in [0, 0.05) is 32.7 Å². The fourth-order valence-electron chi connectivity index (χ4n) is 1.33. The van der Waals surface area contributed by atoms with Crippen LogP contribution in [0.3, 0.4) is 0 Å². The maximum Gasteiger partial charge on any atom is 0 e. The van der Waals surface area contributed by atoms with E-state index >= 15 is 0 Å². The molecule has 18 heavy (non-hydrogen) atoms. The van der Waals surface area contributed by atoms with E-state index in [1.165, 1.54) is 0 Å². The molecule has 1 aliphatic carbocycles. The molecule has 0 saturated carbocycles. The molecule has 2 rings (SSSR count). The van der Waals surface area contributed by atoms with E-state index in [0.717, 1.165) is 24.6 Å². The van der Waals surface area contributed by atoms with Crippen molar-refractivity contribution < 1.29 is 32.7 Å². The smallest absolute Gasteiger partial charge is 0 e. The van der Waals surface area contributed by atoms with Gasteiger partial charge in [0.2, 0.25) is 0 Å². The van der Waals surface area contributed by atoms with E-state index in [2.05, 4.69) is 6.08 Å². The van der Waals surface area contributed by atoms with Crippen LogP contribution in [0.5, 0.6) is 0 Å². The Hall–Kier alpha value is -1.06. The number of hydrogen-bond donors (Lipinski definition) is 1. The topological polar surface area (TPSA) is 70.0 Å². The Kier molecular flexibility index (Phi) is 9.34. The van der Waals surface area contributed by atoms with Gasteiger partial charge in [-0.15, -0.1) is 0 Å². The molecule has 1 aromatic carbocycles. The second kappa shape index (κ2) is 9.92. The van der Waals surface area contributed by atoms with Crippen molar-refractivity contribution in [2.24, 2.45) is 0 Å². The molecule has 0 aromatic heterocycles. The molecule has 1 aliphatic rings. The van der Waals surface area contributed by atoms with Crippen molar-refractivity contribution in [3.05, 3.63) is 70.8 Å². The maximum absolute atomic E-state index is 8.45. The third-order valence-corrected chi connectivity index (χ3v) is 2.24. The summed E-state index contributed by atoms with van der Waals surface area (Å²) >= 11 is 0. The number of allylic oxidation sites excluding steroid dienone is 4. The van der Waals surface area contributed by atoms with Gasteiger partial charge in [0.25, 0.3) is 0 Å². The minimum Gasteiger partial charge on any atom is -0.810 e. The van der Waals surface area contributed by atoms with Crippen LogP contribution in [0.25, 0.3) is 11.1 Å². The first kappa shape index (κ1) is 16.9.